The molecule has 0 saturated carbocycles. The van der Waals surface area contributed by atoms with Crippen LogP contribution in [0.5, 0.6) is 0 Å². The van der Waals surface area contributed by atoms with Crippen LogP contribution in [0.4, 0.5) is 62.6 Å². The Hall–Kier alpha value is -17.6. The molecule has 28 rings (SSSR count). The van der Waals surface area contributed by atoms with Crippen LogP contribution in [-0.2, 0) is 27.1 Å². The molecule has 1 aliphatic carbocycles. The molecule has 16 bridgehead atoms. The van der Waals surface area contributed by atoms with Crippen LogP contribution >= 0.6 is 0 Å². The minimum atomic E-state index is -0.400. The maximum atomic E-state index is 3.83. The van der Waals surface area contributed by atoms with Crippen LogP contribution in [0.2, 0.25) is 0 Å². The van der Waals surface area contributed by atoms with E-state index in [0.29, 0.717) is 0 Å². The Bertz CT molecular complexity index is 9050. The van der Waals surface area contributed by atoms with E-state index >= 15 is 0 Å². The Labute approximate surface area is 862 Å². The Kier molecular flexibility index (Phi) is 22.4. The van der Waals surface area contributed by atoms with E-state index in [2.05, 4.69) is 586 Å². The average Bonchev–Trinajstić information content (AvgIpc) is 1.55. The van der Waals surface area contributed by atoms with Crippen molar-refractivity contribution in [2.24, 2.45) is 0 Å². The SMILES string of the molecule is CC(C)(C)c1ccc2c(c1)-c1cccc3c(-c4ccccc4)cc(cc13)C(C)(C)c1cccc(c1)N2.CC1(C)c2cccc(c2)Nc2ccc(-c3cc(N(c4ccccc4)c4ccccc4)cc4ccccc34)cc2-c2cccc3ccc1cc23.CC1(C)c2cccc(c2)Nc2ccccc2-c2cccc3ccc1cc23.c1cc2cc(c1)C1(c3ccc4cccc(c4c3)-c3ccccc3N2)c2ccccc2-c2ccccc21. The first-order valence-corrected chi connectivity index (χ1v) is 51.6. The molecule has 147 heavy (non-hydrogen) atoms. The van der Waals surface area contributed by atoms with E-state index in [-0.39, 0.29) is 21.7 Å². The summed E-state index contributed by atoms with van der Waals surface area (Å²) in [6.07, 6.45) is 0. The molecule has 23 aromatic carbocycles. The minimum absolute atomic E-state index is 0.0600. The van der Waals surface area contributed by atoms with Crippen molar-refractivity contribution in [2.75, 3.05) is 26.2 Å². The topological polar surface area (TPSA) is 51.4 Å². The van der Waals surface area contributed by atoms with Crippen molar-refractivity contribution in [3.8, 4) is 77.9 Å². The predicted molar refractivity (Wildman–Crippen MR) is 625 cm³/mol. The molecule has 0 saturated heterocycles. The lowest BCUT2D eigenvalue weighted by atomic mass is 9.67. The predicted octanol–water partition coefficient (Wildman–Crippen LogP) is 38.9. The van der Waals surface area contributed by atoms with Crippen molar-refractivity contribution in [3.63, 3.8) is 0 Å². The van der Waals surface area contributed by atoms with Gasteiger partial charge in [0.25, 0.3) is 0 Å². The normalized spacial score (nSPS) is 13.8. The van der Waals surface area contributed by atoms with Crippen molar-refractivity contribution in [1.29, 1.82) is 0 Å². The molecule has 4 N–H and O–H groups in total. The van der Waals surface area contributed by atoms with Gasteiger partial charge in [0.15, 0.2) is 0 Å². The second kappa shape index (κ2) is 36.3. The second-order valence-corrected chi connectivity index (χ2v) is 42.6. The summed E-state index contributed by atoms with van der Waals surface area (Å²) in [5.74, 6) is 0. The van der Waals surface area contributed by atoms with Crippen molar-refractivity contribution < 1.29 is 0 Å². The highest BCUT2D eigenvalue weighted by Gasteiger charge is 2.47. The third kappa shape index (κ3) is 16.1. The number of rotatable bonds is 5. The van der Waals surface area contributed by atoms with E-state index in [9.17, 15) is 0 Å². The summed E-state index contributed by atoms with van der Waals surface area (Å²) in [4.78, 5) is 2.35. The van der Waals surface area contributed by atoms with Crippen LogP contribution in [0, 0.1) is 0 Å². The molecule has 706 valence electrons. The van der Waals surface area contributed by atoms with Gasteiger partial charge in [-0.25, -0.2) is 0 Å². The lowest BCUT2D eigenvalue weighted by molar-refractivity contribution is 0.590. The number of nitrogens with zero attached hydrogens (tertiary/aromatic N) is 1. The van der Waals surface area contributed by atoms with Crippen LogP contribution in [0.25, 0.3) is 132 Å². The molecule has 0 aromatic heterocycles. The summed E-state index contributed by atoms with van der Waals surface area (Å²) in [7, 11) is 0. The zero-order valence-electron chi connectivity index (χ0n) is 84.3. The highest BCUT2D eigenvalue weighted by molar-refractivity contribution is 6.10. The van der Waals surface area contributed by atoms with Crippen LogP contribution in [0.3, 0.4) is 0 Å². The van der Waals surface area contributed by atoms with E-state index < -0.39 is 5.41 Å². The molecule has 5 nitrogen and oxygen atoms in total. The van der Waals surface area contributed by atoms with Crippen molar-refractivity contribution in [3.05, 3.63) is 559 Å². The van der Waals surface area contributed by atoms with Gasteiger partial charge in [-0.15, -0.1) is 0 Å². The molecule has 23 aromatic rings. The quantitative estimate of drug-likeness (QED) is 0.138. The van der Waals surface area contributed by atoms with Gasteiger partial charge in [0.1, 0.15) is 0 Å². The van der Waals surface area contributed by atoms with Gasteiger partial charge in [-0.3, -0.25) is 0 Å². The van der Waals surface area contributed by atoms with Gasteiger partial charge in [-0.05, 0) is 328 Å². The van der Waals surface area contributed by atoms with Gasteiger partial charge < -0.3 is 26.2 Å². The molecule has 0 fully saturated rings. The summed E-state index contributed by atoms with van der Waals surface area (Å²) < 4.78 is 0. The third-order valence-electron chi connectivity index (χ3n) is 31.8. The van der Waals surface area contributed by atoms with E-state index in [1.807, 2.05) is 0 Å². The van der Waals surface area contributed by atoms with Gasteiger partial charge in [0.05, 0.1) is 5.41 Å². The highest BCUT2D eigenvalue weighted by atomic mass is 15.1. The van der Waals surface area contributed by atoms with E-state index in [4.69, 9.17) is 0 Å². The molecule has 0 radical (unpaired) electrons. The molecular weight excluding hydrogens is 1780 g/mol. The molecule has 0 unspecified atom stereocenters. The van der Waals surface area contributed by atoms with Crippen LogP contribution < -0.4 is 26.2 Å². The fourth-order valence-corrected chi connectivity index (χ4v) is 23.6. The first-order valence-electron chi connectivity index (χ1n) is 51.6. The van der Waals surface area contributed by atoms with E-state index in [0.717, 1.165) is 62.6 Å². The molecule has 4 heterocycles. The molecule has 0 amide bonds. The highest BCUT2D eigenvalue weighted by Crippen LogP contribution is 2.59. The molecule has 4 aliphatic heterocycles. The monoisotopic (exact) mass is 1890 g/mol. The van der Waals surface area contributed by atoms with Crippen molar-refractivity contribution in [1.82, 2.24) is 0 Å². The molecular formula is C142H113N5. The fourth-order valence-electron chi connectivity index (χ4n) is 23.6. The summed E-state index contributed by atoms with van der Waals surface area (Å²) in [5, 5.41) is 27.7. The number of nitrogens with one attached hydrogen (secondary N) is 4. The number of hydrogen-bond donors (Lipinski definition) is 4. The first-order chi connectivity index (χ1) is 71.7. The third-order valence-corrected chi connectivity index (χ3v) is 31.8. The van der Waals surface area contributed by atoms with Crippen LogP contribution in [0.1, 0.15) is 124 Å². The summed E-state index contributed by atoms with van der Waals surface area (Å²) in [5.41, 5.74) is 43.6. The van der Waals surface area contributed by atoms with Crippen molar-refractivity contribution >= 4 is 116 Å². The second-order valence-electron chi connectivity index (χ2n) is 42.6. The molecule has 0 atom stereocenters. The maximum absolute atomic E-state index is 3.83. The number of anilines is 11. The zero-order chi connectivity index (χ0) is 99.4. The Morgan fingerprint density at radius 3 is 1.05 bits per heavy atom. The van der Waals surface area contributed by atoms with Gasteiger partial charge in [-0.1, -0.05) is 408 Å². The smallest absolute Gasteiger partial charge is 0.0714 e. The van der Waals surface area contributed by atoms with Gasteiger partial charge >= 0.3 is 0 Å². The summed E-state index contributed by atoms with van der Waals surface area (Å²) in [6.45, 7) is 20.8. The summed E-state index contributed by atoms with van der Waals surface area (Å²) in [6, 6.07) is 183. The first kappa shape index (κ1) is 90.6. The number of benzene rings is 23. The van der Waals surface area contributed by atoms with Gasteiger partial charge in [0, 0.05) is 101 Å². The lowest BCUT2D eigenvalue weighted by Gasteiger charge is -2.34. The standard InChI is InChI=1S/C47H36N2.C35H23N.C35H33N.C25H21N/c1-47(2)35-15-12-16-37(29-35)48-46-26-24-34(28-45(46)42-22-11-14-32-23-25-36(47)30-43(32)42)44-31-40(27-33-13-9-10-21-41(33)44)49(38-17-5-3-6-18-38)39-19-7-4-8-20-39;1-4-16-32-28(12-1)29-13-2-5-17-33(29)35(32)24-10-8-11-26(21-24)36-34-18-6-3-14-30(34)27-15-7-9-23-19-20-25(35)22-31(23)27;1-34(2,3)24-17-18-33-32(20-24)29-16-10-15-28-30(23-11-7-6-8-12-23)21-26(22-31(28)29)35(4,5)25-13-9-14-27(19-25)36-33;1-25(2)18-8-6-9-20(15-18)26-24-12-4-3-10-22(24)21-11-5-7-17-13-14-19(25)16-23(17)21/h3-31,48H,1-2H3;1-22,36H;6-22,36H,1-5H3;3-16,26H,1-2H3. The van der Waals surface area contributed by atoms with Gasteiger partial charge in [-0.2, -0.15) is 0 Å². The number of fused-ring (bicyclic) bond motifs is 28. The van der Waals surface area contributed by atoms with Crippen LogP contribution in [0.15, 0.2) is 497 Å². The van der Waals surface area contributed by atoms with Gasteiger partial charge in [0.2, 0.25) is 0 Å². The Morgan fingerprint density at radius 2 is 0.531 bits per heavy atom. The fraction of sp³-hybridized carbons (Fsp3) is 0.0986. The zero-order valence-corrected chi connectivity index (χ0v) is 84.3. The van der Waals surface area contributed by atoms with E-state index in [1.54, 1.807) is 0 Å². The molecule has 1 spiro atoms. The average molecular weight is 1890 g/mol. The Morgan fingerprint density at radius 1 is 0.184 bits per heavy atom. The number of para-hydroxylation sites is 4. The Balaban J connectivity index is 0.000000104. The van der Waals surface area contributed by atoms with Crippen LogP contribution in [-0.4, -0.2) is 0 Å². The minimum Gasteiger partial charge on any atom is -0.355 e. The van der Waals surface area contributed by atoms with E-state index in [1.165, 1.54) is 193 Å². The summed E-state index contributed by atoms with van der Waals surface area (Å²) >= 11 is 0. The molecule has 5 aliphatic rings. The number of hydrogen-bond acceptors (Lipinski definition) is 5. The maximum Gasteiger partial charge on any atom is 0.0714 e. The largest absolute Gasteiger partial charge is 0.355 e. The lowest BCUT2D eigenvalue weighted by Crippen LogP contribution is -2.28. The molecule has 5 heteroatoms. The van der Waals surface area contributed by atoms with Crippen molar-refractivity contribution in [2.45, 2.75) is 89.4 Å².